The number of hydrazine groups is 1. The Morgan fingerprint density at radius 3 is 2.10 bits per heavy atom. The molecule has 7 heteroatoms. The van der Waals surface area contributed by atoms with E-state index in [1.54, 1.807) is 0 Å². The van der Waals surface area contributed by atoms with Crippen molar-refractivity contribution in [2.45, 2.75) is 0 Å². The van der Waals surface area contributed by atoms with Crippen molar-refractivity contribution < 1.29 is 9.18 Å². The number of amides is 1. The zero-order chi connectivity index (χ0) is 14.7. The van der Waals surface area contributed by atoms with E-state index < -0.39 is 11.7 Å². The fraction of sp³-hybridized carbons (Fsp3) is 0. The van der Waals surface area contributed by atoms with Gasteiger partial charge in [-0.3, -0.25) is 15.6 Å². The normalized spacial score (nSPS) is 10.2. The summed E-state index contributed by atoms with van der Waals surface area (Å²) in [4.78, 5) is 11.8. The lowest BCUT2D eigenvalue weighted by Gasteiger charge is -2.12. The van der Waals surface area contributed by atoms with E-state index in [2.05, 4.69) is 10.9 Å². The molecule has 2 aromatic carbocycles. The maximum absolute atomic E-state index is 12.7. The van der Waals surface area contributed by atoms with Crippen LogP contribution in [-0.4, -0.2) is 5.91 Å². The Morgan fingerprint density at radius 1 is 1.00 bits per heavy atom. The molecule has 0 spiro atoms. The third-order valence-corrected chi connectivity index (χ3v) is 3.23. The Balaban J connectivity index is 2.09. The van der Waals surface area contributed by atoms with Crippen LogP contribution in [0.4, 0.5) is 10.1 Å². The highest BCUT2D eigenvalue weighted by Gasteiger charge is 2.10. The maximum Gasteiger partial charge on any atom is 0.269 e. The zero-order valence-electron chi connectivity index (χ0n) is 9.88. The molecule has 104 valence electrons. The van der Waals surface area contributed by atoms with Gasteiger partial charge in [0.05, 0.1) is 15.7 Å². The summed E-state index contributed by atoms with van der Waals surface area (Å²) >= 11 is 17.7. The number of nitrogens with one attached hydrogen (secondary N) is 2. The van der Waals surface area contributed by atoms with Crippen molar-refractivity contribution in [3.8, 4) is 0 Å². The van der Waals surface area contributed by atoms with E-state index in [0.29, 0.717) is 16.3 Å². The van der Waals surface area contributed by atoms with Crippen LogP contribution in [0.1, 0.15) is 10.4 Å². The summed E-state index contributed by atoms with van der Waals surface area (Å²) < 4.78 is 12.7. The molecule has 0 atom stereocenters. The van der Waals surface area contributed by atoms with Gasteiger partial charge in [-0.2, -0.15) is 0 Å². The van der Waals surface area contributed by atoms with Gasteiger partial charge in [-0.1, -0.05) is 34.8 Å². The van der Waals surface area contributed by atoms with Crippen LogP contribution >= 0.6 is 34.8 Å². The molecule has 0 aliphatic rings. The smallest absolute Gasteiger partial charge is 0.269 e. The molecule has 0 aromatic heterocycles. The minimum Gasteiger partial charge on any atom is -0.295 e. The molecule has 0 unspecified atom stereocenters. The van der Waals surface area contributed by atoms with Crippen LogP contribution in [0.3, 0.4) is 0 Å². The molecule has 0 aliphatic carbocycles. The highest BCUT2D eigenvalue weighted by atomic mass is 35.5. The van der Waals surface area contributed by atoms with E-state index in [1.807, 2.05) is 0 Å². The number of rotatable bonds is 3. The number of carbonyl (C=O) groups excluding carboxylic acids is 1. The van der Waals surface area contributed by atoms with Crippen molar-refractivity contribution in [2.75, 3.05) is 5.43 Å². The first-order valence-corrected chi connectivity index (χ1v) is 6.57. The standard InChI is InChI=1S/C13H8Cl3FN2O/c14-8-5-10(15)12(11(16)6-8)18-19-13(20)7-1-3-9(17)4-2-7/h1-6,18H,(H,19,20). The van der Waals surface area contributed by atoms with E-state index in [1.165, 1.54) is 36.4 Å². The van der Waals surface area contributed by atoms with Crippen LogP contribution in [0.15, 0.2) is 36.4 Å². The molecular formula is C13H8Cl3FN2O. The Bertz CT molecular complexity index is 624. The van der Waals surface area contributed by atoms with Crippen LogP contribution in [0.25, 0.3) is 0 Å². The van der Waals surface area contributed by atoms with Gasteiger partial charge < -0.3 is 0 Å². The number of carbonyl (C=O) groups is 1. The van der Waals surface area contributed by atoms with E-state index in [9.17, 15) is 9.18 Å². The first-order chi connectivity index (χ1) is 9.47. The molecule has 0 radical (unpaired) electrons. The van der Waals surface area contributed by atoms with Gasteiger partial charge >= 0.3 is 0 Å². The molecule has 2 rings (SSSR count). The van der Waals surface area contributed by atoms with Gasteiger partial charge in [0.15, 0.2) is 0 Å². The van der Waals surface area contributed by atoms with Crippen molar-refractivity contribution >= 4 is 46.4 Å². The van der Waals surface area contributed by atoms with E-state index in [-0.39, 0.29) is 10.0 Å². The largest absolute Gasteiger partial charge is 0.295 e. The van der Waals surface area contributed by atoms with Gasteiger partial charge in [0.2, 0.25) is 0 Å². The van der Waals surface area contributed by atoms with Gasteiger partial charge in [0, 0.05) is 10.6 Å². The number of anilines is 1. The van der Waals surface area contributed by atoms with Gasteiger partial charge in [-0.15, -0.1) is 0 Å². The van der Waals surface area contributed by atoms with Crippen molar-refractivity contribution in [3.63, 3.8) is 0 Å². The summed E-state index contributed by atoms with van der Waals surface area (Å²) in [6, 6.07) is 8.08. The highest BCUT2D eigenvalue weighted by molar-refractivity contribution is 6.41. The van der Waals surface area contributed by atoms with Crippen molar-refractivity contribution in [1.82, 2.24) is 5.43 Å². The second-order valence-electron chi connectivity index (χ2n) is 3.83. The predicted octanol–water partition coefficient (Wildman–Crippen LogP) is 4.54. The Morgan fingerprint density at radius 2 is 1.55 bits per heavy atom. The second kappa shape index (κ2) is 6.31. The third-order valence-electron chi connectivity index (χ3n) is 2.41. The summed E-state index contributed by atoms with van der Waals surface area (Å²) in [7, 11) is 0. The average Bonchev–Trinajstić information content (AvgIpc) is 2.38. The van der Waals surface area contributed by atoms with Crippen LogP contribution in [-0.2, 0) is 0 Å². The summed E-state index contributed by atoms with van der Waals surface area (Å²) in [5.74, 6) is -0.870. The highest BCUT2D eigenvalue weighted by Crippen LogP contribution is 2.33. The molecule has 20 heavy (non-hydrogen) atoms. The van der Waals surface area contributed by atoms with Crippen LogP contribution < -0.4 is 10.9 Å². The molecule has 3 nitrogen and oxygen atoms in total. The molecular weight excluding hydrogens is 326 g/mol. The molecule has 0 saturated heterocycles. The van der Waals surface area contributed by atoms with Crippen LogP contribution in [0, 0.1) is 5.82 Å². The number of hydrogen-bond donors (Lipinski definition) is 2. The summed E-state index contributed by atoms with van der Waals surface area (Å²) in [5.41, 5.74) is 5.64. The lowest BCUT2D eigenvalue weighted by molar-refractivity contribution is 0.0962. The lowest BCUT2D eigenvalue weighted by atomic mass is 10.2. The molecule has 0 fully saturated rings. The molecule has 2 aromatic rings. The quantitative estimate of drug-likeness (QED) is 0.810. The monoisotopic (exact) mass is 332 g/mol. The zero-order valence-corrected chi connectivity index (χ0v) is 12.2. The van der Waals surface area contributed by atoms with Gasteiger partial charge in [-0.25, -0.2) is 4.39 Å². The minimum atomic E-state index is -0.452. The minimum absolute atomic E-state index is 0.266. The molecule has 0 bridgehead atoms. The van der Waals surface area contributed by atoms with E-state index >= 15 is 0 Å². The number of hydrogen-bond acceptors (Lipinski definition) is 2. The van der Waals surface area contributed by atoms with E-state index in [4.69, 9.17) is 34.8 Å². The molecule has 1 amide bonds. The van der Waals surface area contributed by atoms with Gasteiger partial charge in [0.25, 0.3) is 5.91 Å². The molecule has 0 aliphatic heterocycles. The fourth-order valence-corrected chi connectivity index (χ4v) is 2.37. The predicted molar refractivity (Wildman–Crippen MR) is 79.0 cm³/mol. The third kappa shape index (κ3) is 3.54. The van der Waals surface area contributed by atoms with Crippen LogP contribution in [0.2, 0.25) is 15.1 Å². The topological polar surface area (TPSA) is 41.1 Å². The average molecular weight is 334 g/mol. The Kier molecular flexibility index (Phi) is 4.70. The lowest BCUT2D eigenvalue weighted by Crippen LogP contribution is -2.29. The summed E-state index contributed by atoms with van der Waals surface area (Å²) in [6.07, 6.45) is 0. The van der Waals surface area contributed by atoms with Crippen molar-refractivity contribution in [2.24, 2.45) is 0 Å². The van der Waals surface area contributed by atoms with Crippen LogP contribution in [0.5, 0.6) is 0 Å². The first-order valence-electron chi connectivity index (χ1n) is 5.44. The number of benzene rings is 2. The molecule has 2 N–H and O–H groups in total. The van der Waals surface area contributed by atoms with E-state index in [0.717, 1.165) is 0 Å². The summed E-state index contributed by atoms with van der Waals surface area (Å²) in [5, 5.41) is 0.916. The van der Waals surface area contributed by atoms with Crippen molar-refractivity contribution in [1.29, 1.82) is 0 Å². The number of halogens is 4. The van der Waals surface area contributed by atoms with Gasteiger partial charge in [0.1, 0.15) is 5.82 Å². The fourth-order valence-electron chi connectivity index (χ4n) is 1.45. The Hall–Kier alpha value is -1.49. The maximum atomic E-state index is 12.7. The van der Waals surface area contributed by atoms with Gasteiger partial charge in [-0.05, 0) is 36.4 Å². The second-order valence-corrected chi connectivity index (χ2v) is 5.08. The SMILES string of the molecule is O=C(NNc1c(Cl)cc(Cl)cc1Cl)c1ccc(F)cc1. The molecule has 0 saturated carbocycles. The molecule has 0 heterocycles. The first kappa shape index (κ1) is 14.9. The Labute approximate surface area is 129 Å². The van der Waals surface area contributed by atoms with Crippen molar-refractivity contribution in [3.05, 3.63) is 62.8 Å². The summed E-state index contributed by atoms with van der Waals surface area (Å²) in [6.45, 7) is 0.